The number of carbonyl (C=O) groups excluding carboxylic acids is 1. The largest absolute Gasteiger partial charge is 0.481 e. The Hall–Kier alpha value is -1.93. The number of amides is 1. The van der Waals surface area contributed by atoms with Crippen LogP contribution in [0.5, 0.6) is 5.88 Å². The number of carbonyl (C=O) groups is 1. The Morgan fingerprint density at radius 1 is 1.27 bits per heavy atom. The second-order valence-corrected chi connectivity index (χ2v) is 7.35. The third-order valence-corrected chi connectivity index (χ3v) is 5.48. The van der Waals surface area contributed by atoms with Crippen LogP contribution in [-0.2, 0) is 19.5 Å². The molecule has 0 radical (unpaired) electrons. The van der Waals surface area contributed by atoms with Crippen molar-refractivity contribution in [3.63, 3.8) is 0 Å². The number of hydrogen-bond acceptors (Lipinski definition) is 6. The van der Waals surface area contributed by atoms with Gasteiger partial charge < -0.3 is 20.3 Å². The zero-order valence-corrected chi connectivity index (χ0v) is 18.7. The van der Waals surface area contributed by atoms with E-state index in [1.54, 1.807) is 13.3 Å². The summed E-state index contributed by atoms with van der Waals surface area (Å²) in [5, 5.41) is 6.96. The van der Waals surface area contributed by atoms with Crippen LogP contribution in [0.2, 0.25) is 0 Å². The van der Waals surface area contributed by atoms with Gasteiger partial charge in [-0.1, -0.05) is 6.07 Å². The number of aromatic nitrogens is 2. The fraction of sp³-hybridized carbons (Fsp3) is 0.476. The van der Waals surface area contributed by atoms with Gasteiger partial charge in [0.1, 0.15) is 0 Å². The van der Waals surface area contributed by atoms with Crippen LogP contribution in [0.3, 0.4) is 0 Å². The molecule has 1 saturated heterocycles. The molecule has 2 N–H and O–H groups in total. The van der Waals surface area contributed by atoms with Gasteiger partial charge in [-0.15, -0.1) is 24.8 Å². The molecular formula is C21H29Cl2N5O2. The van der Waals surface area contributed by atoms with Crippen molar-refractivity contribution in [3.05, 3.63) is 53.0 Å². The maximum atomic E-state index is 12.9. The quantitative estimate of drug-likeness (QED) is 0.669. The first-order valence-corrected chi connectivity index (χ1v) is 9.94. The van der Waals surface area contributed by atoms with Gasteiger partial charge in [-0.25, -0.2) is 4.98 Å². The van der Waals surface area contributed by atoms with Gasteiger partial charge in [0.25, 0.3) is 5.91 Å². The molecule has 2 aliphatic heterocycles. The van der Waals surface area contributed by atoms with E-state index in [0.29, 0.717) is 37.1 Å². The van der Waals surface area contributed by atoms with Crippen molar-refractivity contribution in [2.45, 2.75) is 38.4 Å². The Labute approximate surface area is 189 Å². The van der Waals surface area contributed by atoms with Crippen molar-refractivity contribution >= 4 is 30.7 Å². The SMILES string of the molecule is COc1nc2c(cc1CNC1CCNCC1)C(=O)N(CCc1ccccn1)C2.Cl.Cl. The number of rotatable bonds is 7. The predicted molar refractivity (Wildman–Crippen MR) is 121 cm³/mol. The second kappa shape index (κ2) is 11.5. The van der Waals surface area contributed by atoms with Gasteiger partial charge in [0.2, 0.25) is 5.88 Å². The molecule has 0 aliphatic carbocycles. The van der Waals surface area contributed by atoms with Crippen LogP contribution < -0.4 is 15.4 Å². The highest BCUT2D eigenvalue weighted by Gasteiger charge is 2.30. The molecule has 7 nitrogen and oxygen atoms in total. The summed E-state index contributed by atoms with van der Waals surface area (Å²) in [5.41, 5.74) is 3.43. The molecule has 30 heavy (non-hydrogen) atoms. The van der Waals surface area contributed by atoms with E-state index in [9.17, 15) is 4.79 Å². The Morgan fingerprint density at radius 3 is 2.77 bits per heavy atom. The molecule has 164 valence electrons. The number of halogens is 2. The molecule has 4 rings (SSSR count). The van der Waals surface area contributed by atoms with Gasteiger partial charge in [-0.2, -0.15) is 0 Å². The number of pyridine rings is 2. The Kier molecular flexibility index (Phi) is 9.30. The molecule has 2 aromatic rings. The summed E-state index contributed by atoms with van der Waals surface area (Å²) in [6, 6.07) is 8.30. The average molecular weight is 454 g/mol. The van der Waals surface area contributed by atoms with E-state index in [0.717, 1.165) is 49.3 Å². The summed E-state index contributed by atoms with van der Waals surface area (Å²) in [5.74, 6) is 0.656. The Bertz CT molecular complexity index is 832. The first kappa shape index (κ1) is 24.3. The molecule has 0 bridgehead atoms. The smallest absolute Gasteiger partial charge is 0.256 e. The number of piperidine rings is 1. The Balaban J connectivity index is 0.00000160. The summed E-state index contributed by atoms with van der Waals surface area (Å²) < 4.78 is 5.51. The third-order valence-electron chi connectivity index (χ3n) is 5.48. The normalized spacial score (nSPS) is 15.9. The van der Waals surface area contributed by atoms with Crippen molar-refractivity contribution in [3.8, 4) is 5.88 Å². The van der Waals surface area contributed by atoms with Gasteiger partial charge in [0.05, 0.1) is 24.9 Å². The van der Waals surface area contributed by atoms with Crippen LogP contribution in [-0.4, -0.2) is 53.6 Å². The van der Waals surface area contributed by atoms with Crippen molar-refractivity contribution in [1.82, 2.24) is 25.5 Å². The third kappa shape index (κ3) is 5.60. The number of nitrogens with one attached hydrogen (secondary N) is 2. The van der Waals surface area contributed by atoms with Crippen molar-refractivity contribution in [2.24, 2.45) is 0 Å². The maximum absolute atomic E-state index is 12.9. The Morgan fingerprint density at radius 2 is 2.07 bits per heavy atom. The molecule has 0 saturated carbocycles. The van der Waals surface area contributed by atoms with Gasteiger partial charge >= 0.3 is 0 Å². The van der Waals surface area contributed by atoms with Gasteiger partial charge in [-0.05, 0) is 44.1 Å². The van der Waals surface area contributed by atoms with E-state index in [1.165, 1.54) is 0 Å². The lowest BCUT2D eigenvalue weighted by Crippen LogP contribution is -2.39. The first-order chi connectivity index (χ1) is 13.7. The van der Waals surface area contributed by atoms with E-state index in [2.05, 4.69) is 20.6 Å². The maximum Gasteiger partial charge on any atom is 0.256 e. The van der Waals surface area contributed by atoms with Crippen LogP contribution >= 0.6 is 24.8 Å². The summed E-state index contributed by atoms with van der Waals surface area (Å²) in [4.78, 5) is 23.7. The van der Waals surface area contributed by atoms with Crippen LogP contribution in [0.4, 0.5) is 0 Å². The lowest BCUT2D eigenvalue weighted by molar-refractivity contribution is 0.0779. The molecule has 1 fully saturated rings. The minimum Gasteiger partial charge on any atom is -0.481 e. The average Bonchev–Trinajstić information content (AvgIpc) is 3.06. The van der Waals surface area contributed by atoms with Crippen molar-refractivity contribution in [1.29, 1.82) is 0 Å². The van der Waals surface area contributed by atoms with Crippen LogP contribution in [0.1, 0.15) is 40.2 Å². The number of methoxy groups -OCH3 is 1. The monoisotopic (exact) mass is 453 g/mol. The fourth-order valence-electron chi connectivity index (χ4n) is 3.86. The summed E-state index contributed by atoms with van der Waals surface area (Å²) >= 11 is 0. The fourth-order valence-corrected chi connectivity index (χ4v) is 3.86. The summed E-state index contributed by atoms with van der Waals surface area (Å²) in [7, 11) is 1.64. The summed E-state index contributed by atoms with van der Waals surface area (Å²) in [6.45, 7) is 3.91. The molecule has 4 heterocycles. The summed E-state index contributed by atoms with van der Waals surface area (Å²) in [6.07, 6.45) is 4.74. The molecule has 0 aromatic carbocycles. The second-order valence-electron chi connectivity index (χ2n) is 7.35. The standard InChI is InChI=1S/C21H27N5O2.2ClH/c1-28-20-15(13-24-17-5-9-22-10-6-17)12-18-19(25-20)14-26(21(18)27)11-7-16-4-2-3-8-23-16;;/h2-4,8,12,17,22,24H,5-7,9-11,13-14H2,1H3;2*1H. The van der Waals surface area contributed by atoms with E-state index in [1.807, 2.05) is 29.2 Å². The van der Waals surface area contributed by atoms with Crippen LogP contribution in [0, 0.1) is 0 Å². The van der Waals surface area contributed by atoms with Gasteiger partial charge in [-0.3, -0.25) is 9.78 Å². The zero-order valence-electron chi connectivity index (χ0n) is 17.1. The van der Waals surface area contributed by atoms with E-state index in [-0.39, 0.29) is 30.7 Å². The number of nitrogens with zero attached hydrogens (tertiary/aromatic N) is 3. The molecule has 2 aromatic heterocycles. The molecule has 1 amide bonds. The molecule has 9 heteroatoms. The molecule has 0 atom stereocenters. The highest BCUT2D eigenvalue weighted by molar-refractivity contribution is 5.98. The van der Waals surface area contributed by atoms with E-state index in [4.69, 9.17) is 4.74 Å². The molecule has 0 unspecified atom stereocenters. The van der Waals surface area contributed by atoms with Crippen LogP contribution in [0.25, 0.3) is 0 Å². The molecule has 2 aliphatic rings. The van der Waals surface area contributed by atoms with Crippen molar-refractivity contribution in [2.75, 3.05) is 26.7 Å². The van der Waals surface area contributed by atoms with E-state index >= 15 is 0 Å². The first-order valence-electron chi connectivity index (χ1n) is 9.94. The minimum absolute atomic E-state index is 0. The highest BCUT2D eigenvalue weighted by Crippen LogP contribution is 2.27. The van der Waals surface area contributed by atoms with Gasteiger partial charge in [0, 0.05) is 43.0 Å². The topological polar surface area (TPSA) is 79.4 Å². The van der Waals surface area contributed by atoms with Crippen molar-refractivity contribution < 1.29 is 9.53 Å². The predicted octanol–water partition coefficient (Wildman–Crippen LogP) is 2.37. The lowest BCUT2D eigenvalue weighted by atomic mass is 10.1. The number of hydrogen-bond donors (Lipinski definition) is 2. The number of fused-ring (bicyclic) bond motifs is 1. The molecular weight excluding hydrogens is 425 g/mol. The van der Waals surface area contributed by atoms with Gasteiger partial charge in [0.15, 0.2) is 0 Å². The number of ether oxygens (including phenoxy) is 1. The highest BCUT2D eigenvalue weighted by atomic mass is 35.5. The zero-order chi connectivity index (χ0) is 19.3. The minimum atomic E-state index is 0. The molecule has 0 spiro atoms. The van der Waals surface area contributed by atoms with Crippen LogP contribution in [0.15, 0.2) is 30.5 Å². The van der Waals surface area contributed by atoms with E-state index < -0.39 is 0 Å². The lowest BCUT2D eigenvalue weighted by Gasteiger charge is -2.24.